The highest BCUT2D eigenvalue weighted by Crippen LogP contribution is 2.13. The molecule has 0 unspecified atom stereocenters. The fraction of sp³-hybridized carbons (Fsp3) is 0.182. The Bertz CT molecular complexity index is 545. The fourth-order valence-electron chi connectivity index (χ4n) is 1.52. The van der Waals surface area contributed by atoms with Gasteiger partial charge in [0.1, 0.15) is 5.57 Å². The molecule has 2 heterocycles. The highest BCUT2D eigenvalue weighted by molar-refractivity contribution is 7.80. The number of hydrogen-bond donors (Lipinski definition) is 1. The zero-order valence-corrected chi connectivity index (χ0v) is 10.2. The van der Waals surface area contributed by atoms with Crippen LogP contribution < -0.4 is 5.32 Å². The molecule has 0 bridgehead atoms. The van der Waals surface area contributed by atoms with E-state index in [9.17, 15) is 9.59 Å². The van der Waals surface area contributed by atoms with E-state index in [0.29, 0.717) is 0 Å². The van der Waals surface area contributed by atoms with Crippen LogP contribution in [0.5, 0.6) is 0 Å². The first-order valence-corrected chi connectivity index (χ1v) is 5.38. The van der Waals surface area contributed by atoms with E-state index in [2.05, 4.69) is 5.32 Å². The van der Waals surface area contributed by atoms with Gasteiger partial charge in [-0.3, -0.25) is 19.8 Å². The maximum absolute atomic E-state index is 11.9. The van der Waals surface area contributed by atoms with E-state index in [1.807, 2.05) is 29.9 Å². The van der Waals surface area contributed by atoms with Gasteiger partial charge in [0.05, 0.1) is 0 Å². The average Bonchev–Trinajstić information content (AvgIpc) is 2.67. The van der Waals surface area contributed by atoms with Crippen molar-refractivity contribution in [3.63, 3.8) is 0 Å². The first kappa shape index (κ1) is 11.5. The molecule has 5 nitrogen and oxygen atoms in total. The van der Waals surface area contributed by atoms with Crippen LogP contribution in [0.15, 0.2) is 23.9 Å². The van der Waals surface area contributed by atoms with E-state index in [1.165, 1.54) is 11.9 Å². The Morgan fingerprint density at radius 1 is 1.35 bits per heavy atom. The molecule has 0 radical (unpaired) electrons. The van der Waals surface area contributed by atoms with Crippen molar-refractivity contribution in [1.29, 1.82) is 0 Å². The number of amides is 2. The third-order valence-corrected chi connectivity index (χ3v) is 2.96. The van der Waals surface area contributed by atoms with Gasteiger partial charge in [0.15, 0.2) is 5.11 Å². The zero-order chi connectivity index (χ0) is 12.6. The van der Waals surface area contributed by atoms with Gasteiger partial charge in [-0.1, -0.05) is 0 Å². The molecule has 1 aliphatic rings. The summed E-state index contributed by atoms with van der Waals surface area (Å²) in [4.78, 5) is 24.8. The van der Waals surface area contributed by atoms with Crippen LogP contribution in [0.25, 0.3) is 6.08 Å². The minimum Gasteiger partial charge on any atom is -0.351 e. The number of nitrogens with zero attached hydrogens (tertiary/aromatic N) is 2. The Labute approximate surface area is 104 Å². The first-order chi connectivity index (χ1) is 8.00. The Balaban J connectivity index is 2.41. The second-order valence-electron chi connectivity index (χ2n) is 3.73. The smallest absolute Gasteiger partial charge is 0.265 e. The van der Waals surface area contributed by atoms with E-state index in [0.717, 1.165) is 5.69 Å². The van der Waals surface area contributed by atoms with Gasteiger partial charge >= 0.3 is 0 Å². The number of rotatable bonds is 1. The molecule has 1 aromatic rings. The van der Waals surface area contributed by atoms with Crippen molar-refractivity contribution in [2.45, 2.75) is 0 Å². The molecule has 1 N–H and O–H groups in total. The number of hydrogen-bond acceptors (Lipinski definition) is 3. The number of aromatic nitrogens is 1. The SMILES string of the molecule is CN1C(=O)C(=Cc2cccn2C)C(=O)NC1=S. The van der Waals surface area contributed by atoms with Crippen LogP contribution in [-0.2, 0) is 16.6 Å². The summed E-state index contributed by atoms with van der Waals surface area (Å²) in [7, 11) is 3.37. The number of thiocarbonyl (C=S) groups is 1. The quantitative estimate of drug-likeness (QED) is 0.442. The van der Waals surface area contributed by atoms with Crippen molar-refractivity contribution >= 4 is 35.2 Å². The van der Waals surface area contributed by atoms with Gasteiger partial charge in [-0.2, -0.15) is 0 Å². The van der Waals surface area contributed by atoms with Gasteiger partial charge in [0, 0.05) is 26.0 Å². The third-order valence-electron chi connectivity index (χ3n) is 2.58. The van der Waals surface area contributed by atoms with Crippen molar-refractivity contribution < 1.29 is 9.59 Å². The molecule has 0 saturated carbocycles. The summed E-state index contributed by atoms with van der Waals surface area (Å²) in [5.41, 5.74) is 0.868. The number of carbonyl (C=O) groups excluding carboxylic acids is 2. The highest BCUT2D eigenvalue weighted by Gasteiger charge is 2.30. The van der Waals surface area contributed by atoms with Crippen LogP contribution in [-0.4, -0.2) is 33.4 Å². The third kappa shape index (κ3) is 1.99. The van der Waals surface area contributed by atoms with Crippen LogP contribution >= 0.6 is 12.2 Å². The van der Waals surface area contributed by atoms with Crippen molar-refractivity contribution in [3.8, 4) is 0 Å². The lowest BCUT2D eigenvalue weighted by Crippen LogP contribution is -2.52. The van der Waals surface area contributed by atoms with Crippen LogP contribution in [0.2, 0.25) is 0 Å². The normalized spacial score (nSPS) is 18.8. The first-order valence-electron chi connectivity index (χ1n) is 4.97. The molecule has 0 atom stereocenters. The average molecular weight is 249 g/mol. The van der Waals surface area contributed by atoms with E-state index in [-0.39, 0.29) is 16.6 Å². The summed E-state index contributed by atoms with van der Waals surface area (Å²) in [5, 5.41) is 2.59. The minimum atomic E-state index is -0.459. The van der Waals surface area contributed by atoms with Crippen LogP contribution in [0.4, 0.5) is 0 Å². The second-order valence-corrected chi connectivity index (χ2v) is 4.11. The van der Waals surface area contributed by atoms with Crippen LogP contribution in [0.1, 0.15) is 5.69 Å². The summed E-state index contributed by atoms with van der Waals surface area (Å²) in [5.74, 6) is -0.848. The molecule has 1 fully saturated rings. The Kier molecular flexibility index (Phi) is 2.81. The summed E-state index contributed by atoms with van der Waals surface area (Å²) in [6, 6.07) is 3.66. The van der Waals surface area contributed by atoms with Gasteiger partial charge in [0.2, 0.25) is 0 Å². The summed E-state index contributed by atoms with van der Waals surface area (Å²) >= 11 is 4.85. The fourth-order valence-corrected chi connectivity index (χ4v) is 1.69. The molecular weight excluding hydrogens is 238 g/mol. The molecule has 2 amide bonds. The van der Waals surface area contributed by atoms with Crippen molar-refractivity contribution in [2.24, 2.45) is 7.05 Å². The summed E-state index contributed by atoms with van der Waals surface area (Å²) in [6.07, 6.45) is 3.39. The highest BCUT2D eigenvalue weighted by atomic mass is 32.1. The van der Waals surface area contributed by atoms with Gasteiger partial charge < -0.3 is 4.57 Å². The minimum absolute atomic E-state index is 0.0860. The molecule has 0 aliphatic carbocycles. The molecule has 1 aromatic heterocycles. The second kappa shape index (κ2) is 4.14. The molecule has 1 aliphatic heterocycles. The molecule has 2 rings (SSSR count). The predicted molar refractivity (Wildman–Crippen MR) is 66.9 cm³/mol. The van der Waals surface area contributed by atoms with Crippen molar-refractivity contribution in [1.82, 2.24) is 14.8 Å². The molecule has 1 saturated heterocycles. The maximum Gasteiger partial charge on any atom is 0.265 e. The number of aryl methyl sites for hydroxylation is 1. The summed E-state index contributed by atoms with van der Waals surface area (Å²) in [6.45, 7) is 0. The monoisotopic (exact) mass is 249 g/mol. The van der Waals surface area contributed by atoms with E-state index in [1.54, 1.807) is 6.08 Å². The van der Waals surface area contributed by atoms with E-state index in [4.69, 9.17) is 12.2 Å². The number of likely N-dealkylation sites (N-methyl/N-ethyl adjacent to an activating group) is 1. The topological polar surface area (TPSA) is 54.3 Å². The number of nitrogens with one attached hydrogen (secondary N) is 1. The van der Waals surface area contributed by atoms with Crippen molar-refractivity contribution in [2.75, 3.05) is 7.05 Å². The van der Waals surface area contributed by atoms with Gasteiger partial charge in [-0.15, -0.1) is 0 Å². The van der Waals surface area contributed by atoms with Crippen LogP contribution in [0, 0.1) is 0 Å². The Hall–Kier alpha value is -1.95. The summed E-state index contributed by atoms with van der Waals surface area (Å²) < 4.78 is 1.82. The predicted octanol–water partition coefficient (Wildman–Crippen LogP) is 0.282. The molecule has 17 heavy (non-hydrogen) atoms. The van der Waals surface area contributed by atoms with E-state index < -0.39 is 5.91 Å². The maximum atomic E-state index is 11.9. The molecule has 0 spiro atoms. The van der Waals surface area contributed by atoms with Crippen LogP contribution in [0.3, 0.4) is 0 Å². The van der Waals surface area contributed by atoms with Gasteiger partial charge in [0.25, 0.3) is 11.8 Å². The lowest BCUT2D eigenvalue weighted by atomic mass is 10.1. The lowest BCUT2D eigenvalue weighted by molar-refractivity contribution is -0.128. The largest absolute Gasteiger partial charge is 0.351 e. The van der Waals surface area contributed by atoms with Gasteiger partial charge in [-0.25, -0.2) is 0 Å². The molecule has 6 heteroatoms. The standard InChI is InChI=1S/C11H11N3O2S/c1-13-5-3-4-7(13)6-8-9(15)12-11(17)14(2)10(8)16/h3-6H,1-2H3,(H,12,15,17). The van der Waals surface area contributed by atoms with E-state index >= 15 is 0 Å². The number of carbonyl (C=O) groups is 2. The van der Waals surface area contributed by atoms with Crippen molar-refractivity contribution in [3.05, 3.63) is 29.6 Å². The Morgan fingerprint density at radius 3 is 2.65 bits per heavy atom. The Morgan fingerprint density at radius 2 is 2.06 bits per heavy atom. The molecular formula is C11H11N3O2S. The zero-order valence-electron chi connectivity index (χ0n) is 9.43. The molecule has 0 aromatic carbocycles. The molecule has 88 valence electrons. The lowest BCUT2D eigenvalue weighted by Gasteiger charge is -2.24. The van der Waals surface area contributed by atoms with Gasteiger partial charge in [-0.05, 0) is 30.4 Å².